The van der Waals surface area contributed by atoms with E-state index >= 15 is 0 Å². The van der Waals surface area contributed by atoms with Crippen molar-refractivity contribution in [1.29, 1.82) is 0 Å². The fourth-order valence-electron chi connectivity index (χ4n) is 1.80. The number of rotatable bonds is 4. The number of ketones is 1. The number of hydrogen-bond donors (Lipinski definition) is 0. The first-order chi connectivity index (χ1) is 9.93. The average molecular weight is 368 g/mol. The Morgan fingerprint density at radius 2 is 2.10 bits per heavy atom. The van der Waals surface area contributed by atoms with Crippen LogP contribution >= 0.6 is 27.3 Å². The van der Waals surface area contributed by atoms with Crippen LogP contribution in [0.15, 0.2) is 22.7 Å². The fraction of sp³-hybridized carbons (Fsp3) is 0.267. The normalized spacial score (nSPS) is 10.5. The number of carbonyl (C=O) groups excluding carboxylic acids is 2. The van der Waals surface area contributed by atoms with Crippen LogP contribution in [0.25, 0.3) is 10.6 Å². The van der Waals surface area contributed by atoms with Gasteiger partial charge in [-0.05, 0) is 31.5 Å². The number of carbonyl (C=O) groups is 2. The molecule has 0 radical (unpaired) electrons. The van der Waals surface area contributed by atoms with Crippen molar-refractivity contribution in [1.82, 2.24) is 4.98 Å². The van der Waals surface area contributed by atoms with Crippen molar-refractivity contribution in [2.45, 2.75) is 20.8 Å². The molecule has 110 valence electrons. The van der Waals surface area contributed by atoms with Crippen LogP contribution in [-0.4, -0.2) is 23.3 Å². The topological polar surface area (TPSA) is 56.3 Å². The van der Waals surface area contributed by atoms with Crippen molar-refractivity contribution in [3.63, 3.8) is 0 Å². The Bertz CT molecular complexity index is 709. The second-order valence-electron chi connectivity index (χ2n) is 4.44. The molecule has 0 unspecified atom stereocenters. The number of thiazole rings is 1. The van der Waals surface area contributed by atoms with Gasteiger partial charge in [-0.15, -0.1) is 11.3 Å². The van der Waals surface area contributed by atoms with E-state index in [1.54, 1.807) is 6.92 Å². The van der Waals surface area contributed by atoms with Crippen LogP contribution in [0.2, 0.25) is 0 Å². The number of hydrogen-bond acceptors (Lipinski definition) is 5. The van der Waals surface area contributed by atoms with Gasteiger partial charge in [-0.1, -0.05) is 22.0 Å². The lowest BCUT2D eigenvalue weighted by Crippen LogP contribution is -2.09. The zero-order chi connectivity index (χ0) is 15.6. The molecule has 0 aliphatic heterocycles. The van der Waals surface area contributed by atoms with E-state index in [4.69, 9.17) is 4.74 Å². The highest BCUT2D eigenvalue weighted by Gasteiger charge is 2.22. The van der Waals surface area contributed by atoms with E-state index in [-0.39, 0.29) is 18.1 Å². The van der Waals surface area contributed by atoms with Gasteiger partial charge in [0.1, 0.15) is 9.88 Å². The molecule has 0 atom stereocenters. The third-order valence-corrected chi connectivity index (χ3v) is 4.92. The highest BCUT2D eigenvalue weighted by atomic mass is 79.9. The summed E-state index contributed by atoms with van der Waals surface area (Å²) in [6, 6.07) is 5.78. The molecule has 2 aromatic rings. The lowest BCUT2D eigenvalue weighted by molar-refractivity contribution is 0.0517. The molecule has 0 aliphatic rings. The maximum Gasteiger partial charge on any atom is 0.358 e. The predicted molar refractivity (Wildman–Crippen MR) is 85.9 cm³/mol. The molecule has 0 aliphatic carbocycles. The van der Waals surface area contributed by atoms with Crippen LogP contribution in [0.4, 0.5) is 0 Å². The number of benzene rings is 1. The van der Waals surface area contributed by atoms with Crippen LogP contribution in [0, 0.1) is 6.92 Å². The lowest BCUT2D eigenvalue weighted by Gasteiger charge is -2.01. The number of esters is 1. The van der Waals surface area contributed by atoms with E-state index in [2.05, 4.69) is 20.9 Å². The van der Waals surface area contributed by atoms with Crippen molar-refractivity contribution in [3.05, 3.63) is 38.8 Å². The maximum atomic E-state index is 11.9. The summed E-state index contributed by atoms with van der Waals surface area (Å²) < 4.78 is 5.96. The number of aromatic nitrogens is 1. The molecule has 0 N–H and O–H groups in total. The molecule has 1 aromatic heterocycles. The van der Waals surface area contributed by atoms with E-state index in [0.29, 0.717) is 9.88 Å². The van der Waals surface area contributed by atoms with Crippen LogP contribution < -0.4 is 0 Å². The first-order valence-electron chi connectivity index (χ1n) is 6.39. The number of aryl methyl sites for hydroxylation is 1. The molecule has 0 saturated carbocycles. The Morgan fingerprint density at radius 3 is 2.67 bits per heavy atom. The van der Waals surface area contributed by atoms with E-state index < -0.39 is 5.97 Å². The molecule has 21 heavy (non-hydrogen) atoms. The highest BCUT2D eigenvalue weighted by Crippen LogP contribution is 2.31. The van der Waals surface area contributed by atoms with Crippen molar-refractivity contribution >= 4 is 39.0 Å². The monoisotopic (exact) mass is 367 g/mol. The molecule has 2 rings (SSSR count). The summed E-state index contributed by atoms with van der Waals surface area (Å²) >= 11 is 4.66. The average Bonchev–Trinajstić information content (AvgIpc) is 2.87. The summed E-state index contributed by atoms with van der Waals surface area (Å²) in [5.74, 6) is -0.741. The second kappa shape index (κ2) is 6.49. The van der Waals surface area contributed by atoms with Gasteiger partial charge in [0.25, 0.3) is 0 Å². The third kappa shape index (κ3) is 3.39. The van der Waals surface area contributed by atoms with Crippen molar-refractivity contribution in [2.24, 2.45) is 0 Å². The molecule has 0 spiro atoms. The van der Waals surface area contributed by atoms with Gasteiger partial charge in [-0.25, -0.2) is 9.78 Å². The number of halogens is 1. The molecule has 0 bridgehead atoms. The molecule has 0 amide bonds. The minimum Gasteiger partial charge on any atom is -0.461 e. The molecular weight excluding hydrogens is 354 g/mol. The van der Waals surface area contributed by atoms with Gasteiger partial charge >= 0.3 is 5.97 Å². The zero-order valence-corrected chi connectivity index (χ0v) is 14.3. The van der Waals surface area contributed by atoms with Gasteiger partial charge in [-0.2, -0.15) is 0 Å². The third-order valence-electron chi connectivity index (χ3n) is 2.82. The Labute approximate surface area is 135 Å². The zero-order valence-electron chi connectivity index (χ0n) is 11.9. The van der Waals surface area contributed by atoms with E-state index in [1.165, 1.54) is 18.3 Å². The van der Waals surface area contributed by atoms with Crippen LogP contribution in [0.1, 0.15) is 39.6 Å². The second-order valence-corrected chi connectivity index (χ2v) is 6.29. The maximum absolute atomic E-state index is 11.9. The summed E-state index contributed by atoms with van der Waals surface area (Å²) in [6.07, 6.45) is 0. The lowest BCUT2D eigenvalue weighted by atomic mass is 10.1. The minimum absolute atomic E-state index is 0.102. The molecule has 4 nitrogen and oxygen atoms in total. The molecule has 0 saturated heterocycles. The van der Waals surface area contributed by atoms with Gasteiger partial charge in [-0.3, -0.25) is 4.79 Å². The summed E-state index contributed by atoms with van der Waals surface area (Å²) in [5, 5.41) is 0.638. The van der Waals surface area contributed by atoms with Gasteiger partial charge in [0.05, 0.1) is 6.61 Å². The summed E-state index contributed by atoms with van der Waals surface area (Å²) in [6.45, 7) is 5.36. The van der Waals surface area contributed by atoms with E-state index in [0.717, 1.165) is 15.6 Å². The van der Waals surface area contributed by atoms with Gasteiger partial charge in [0.15, 0.2) is 11.5 Å². The van der Waals surface area contributed by atoms with Gasteiger partial charge in [0, 0.05) is 17.0 Å². The summed E-state index contributed by atoms with van der Waals surface area (Å²) in [4.78, 5) is 28.2. The van der Waals surface area contributed by atoms with Gasteiger partial charge < -0.3 is 4.74 Å². The van der Waals surface area contributed by atoms with E-state index in [9.17, 15) is 9.59 Å². The Hall–Kier alpha value is -1.53. The fourth-order valence-corrected chi connectivity index (χ4v) is 2.99. The number of Topliss-reactive ketones (excluding diaryl/α,β-unsaturated/α-hetero) is 1. The Kier molecular flexibility index (Phi) is 4.90. The summed E-state index contributed by atoms with van der Waals surface area (Å²) in [5.41, 5.74) is 2.04. The highest BCUT2D eigenvalue weighted by molar-refractivity contribution is 9.10. The molecule has 0 fully saturated rings. The van der Waals surface area contributed by atoms with Crippen LogP contribution in [0.5, 0.6) is 0 Å². The Balaban J connectivity index is 2.50. The van der Waals surface area contributed by atoms with Crippen molar-refractivity contribution < 1.29 is 14.3 Å². The molecule has 1 aromatic carbocycles. The number of nitrogens with zero attached hydrogens (tertiary/aromatic N) is 1. The quantitative estimate of drug-likeness (QED) is 0.598. The standard InChI is InChI=1S/C15H14BrNO3S/c1-4-20-15(19)12-13(9(3)18)21-14(17-12)10-5-6-11(16)8(2)7-10/h5-7H,4H2,1-3H3. The van der Waals surface area contributed by atoms with Crippen molar-refractivity contribution in [3.8, 4) is 10.6 Å². The van der Waals surface area contributed by atoms with Crippen molar-refractivity contribution in [2.75, 3.05) is 6.61 Å². The molecular formula is C15H14BrNO3S. The van der Waals surface area contributed by atoms with Gasteiger partial charge in [0.2, 0.25) is 0 Å². The first-order valence-corrected chi connectivity index (χ1v) is 8.00. The minimum atomic E-state index is -0.556. The predicted octanol–water partition coefficient (Wildman–Crippen LogP) is 4.26. The SMILES string of the molecule is CCOC(=O)c1nc(-c2ccc(Br)c(C)c2)sc1C(C)=O. The molecule has 1 heterocycles. The number of ether oxygens (including phenoxy) is 1. The summed E-state index contributed by atoms with van der Waals surface area (Å²) in [7, 11) is 0. The van der Waals surface area contributed by atoms with Crippen LogP contribution in [0.3, 0.4) is 0 Å². The largest absolute Gasteiger partial charge is 0.461 e. The van der Waals surface area contributed by atoms with E-state index in [1.807, 2.05) is 25.1 Å². The Morgan fingerprint density at radius 1 is 1.38 bits per heavy atom. The van der Waals surface area contributed by atoms with Crippen LogP contribution in [-0.2, 0) is 4.74 Å². The first kappa shape index (κ1) is 15.9. The smallest absolute Gasteiger partial charge is 0.358 e. The molecule has 6 heteroatoms.